The maximum Gasteiger partial charge on any atom is 0.416 e. The lowest BCUT2D eigenvalue weighted by Crippen LogP contribution is -2.08. The summed E-state index contributed by atoms with van der Waals surface area (Å²) in [7, 11) is 0. The van der Waals surface area contributed by atoms with Gasteiger partial charge in [-0.3, -0.25) is 10.1 Å². The Labute approximate surface area is 115 Å². The van der Waals surface area contributed by atoms with E-state index >= 15 is 0 Å². The average molecular weight is 302 g/mol. The quantitative estimate of drug-likeness (QED) is 0.693. The van der Waals surface area contributed by atoms with Crippen LogP contribution in [0.2, 0.25) is 0 Å². The highest BCUT2D eigenvalue weighted by molar-refractivity contribution is 5.54. The summed E-state index contributed by atoms with van der Waals surface area (Å²) < 4.78 is 38.7. The van der Waals surface area contributed by atoms with Gasteiger partial charge in [-0.1, -0.05) is 5.21 Å². The second-order valence-electron chi connectivity index (χ2n) is 4.22. The summed E-state index contributed by atoms with van der Waals surface area (Å²) in [6.07, 6.45) is -4.43. The zero-order valence-electron chi connectivity index (χ0n) is 10.6. The molecule has 1 unspecified atom stereocenters. The molecule has 0 saturated carbocycles. The van der Waals surface area contributed by atoms with E-state index in [0.29, 0.717) is 12.1 Å². The van der Waals surface area contributed by atoms with Crippen LogP contribution in [0.25, 0.3) is 5.69 Å². The first-order valence-electron chi connectivity index (χ1n) is 5.66. The van der Waals surface area contributed by atoms with Gasteiger partial charge in [0, 0.05) is 6.07 Å². The molecule has 2 rings (SSSR count). The van der Waals surface area contributed by atoms with Gasteiger partial charge in [0.1, 0.15) is 11.4 Å². The third-order valence-corrected chi connectivity index (χ3v) is 2.69. The summed E-state index contributed by atoms with van der Waals surface area (Å²) in [6, 6.07) is 2.08. The number of aliphatic hydroxyl groups excluding tert-OH is 1. The summed E-state index contributed by atoms with van der Waals surface area (Å²) in [5.41, 5.74) is -1.92. The van der Waals surface area contributed by atoms with Crippen LogP contribution < -0.4 is 0 Å². The molecule has 2 aromatic rings. The van der Waals surface area contributed by atoms with Crippen LogP contribution in [0.3, 0.4) is 0 Å². The molecule has 0 amide bonds. The maximum absolute atomic E-state index is 12.6. The van der Waals surface area contributed by atoms with E-state index < -0.39 is 28.5 Å². The van der Waals surface area contributed by atoms with Gasteiger partial charge >= 0.3 is 6.18 Å². The molecule has 0 spiro atoms. The summed E-state index contributed by atoms with van der Waals surface area (Å²) in [5, 5.41) is 27.4. The van der Waals surface area contributed by atoms with Crippen molar-refractivity contribution < 1.29 is 23.2 Å². The Kier molecular flexibility index (Phi) is 3.64. The average Bonchev–Trinajstić information content (AvgIpc) is 2.86. The SMILES string of the molecule is CC(O)c1cn(-c2ccc(C(F)(F)F)cc2[N+](=O)[O-])nn1. The van der Waals surface area contributed by atoms with Gasteiger partial charge in [-0.2, -0.15) is 13.2 Å². The van der Waals surface area contributed by atoms with Gasteiger partial charge < -0.3 is 5.11 Å². The van der Waals surface area contributed by atoms with Crippen LogP contribution in [0.5, 0.6) is 0 Å². The largest absolute Gasteiger partial charge is 0.416 e. The molecule has 0 aliphatic heterocycles. The zero-order chi connectivity index (χ0) is 15.8. The van der Waals surface area contributed by atoms with Crippen molar-refractivity contribution in [1.29, 1.82) is 0 Å². The van der Waals surface area contributed by atoms with Gasteiger partial charge in [0.05, 0.1) is 22.8 Å². The Morgan fingerprint density at radius 2 is 2.10 bits per heavy atom. The van der Waals surface area contributed by atoms with Crippen LogP contribution in [0.1, 0.15) is 24.3 Å². The molecule has 1 atom stereocenters. The van der Waals surface area contributed by atoms with Crippen molar-refractivity contribution in [1.82, 2.24) is 15.0 Å². The smallest absolute Gasteiger partial charge is 0.387 e. The van der Waals surface area contributed by atoms with E-state index in [2.05, 4.69) is 10.3 Å². The van der Waals surface area contributed by atoms with Crippen LogP contribution in [-0.4, -0.2) is 25.0 Å². The molecule has 21 heavy (non-hydrogen) atoms. The molecule has 10 heteroatoms. The first-order valence-corrected chi connectivity index (χ1v) is 5.66. The van der Waals surface area contributed by atoms with Crippen LogP contribution >= 0.6 is 0 Å². The summed E-state index contributed by atoms with van der Waals surface area (Å²) in [5.74, 6) is 0. The molecule has 0 bridgehead atoms. The van der Waals surface area contributed by atoms with Gasteiger partial charge in [0.2, 0.25) is 0 Å². The lowest BCUT2D eigenvalue weighted by atomic mass is 10.1. The normalized spacial score (nSPS) is 13.2. The van der Waals surface area contributed by atoms with Crippen LogP contribution in [0.15, 0.2) is 24.4 Å². The number of benzene rings is 1. The molecule has 0 saturated heterocycles. The first kappa shape index (κ1) is 14.9. The molecule has 112 valence electrons. The predicted octanol–water partition coefficient (Wildman–Crippen LogP) is 2.25. The van der Waals surface area contributed by atoms with E-state index in [1.165, 1.54) is 13.1 Å². The third-order valence-electron chi connectivity index (χ3n) is 2.69. The standard InChI is InChI=1S/C11H9F3N4O3/c1-6(19)8-5-17(16-15-8)9-3-2-7(11(12,13)14)4-10(9)18(20)21/h2-6,19H,1H3. The molecule has 0 fully saturated rings. The van der Waals surface area contributed by atoms with Gasteiger partial charge in [0.15, 0.2) is 0 Å². The van der Waals surface area contributed by atoms with Gasteiger partial charge in [-0.25, -0.2) is 4.68 Å². The maximum atomic E-state index is 12.6. The third kappa shape index (κ3) is 2.99. The number of aliphatic hydroxyl groups is 1. The Bertz CT molecular complexity index is 682. The molecule has 7 nitrogen and oxygen atoms in total. The lowest BCUT2D eigenvalue weighted by Gasteiger charge is -2.08. The number of hydrogen-bond donors (Lipinski definition) is 1. The zero-order valence-corrected chi connectivity index (χ0v) is 10.6. The molecular weight excluding hydrogens is 293 g/mol. The fourth-order valence-corrected chi connectivity index (χ4v) is 1.63. The van der Waals surface area contributed by atoms with Gasteiger partial charge in [0.25, 0.3) is 5.69 Å². The molecule has 0 aliphatic rings. The predicted molar refractivity (Wildman–Crippen MR) is 63.6 cm³/mol. The number of nitro groups is 1. The van der Waals surface area contributed by atoms with E-state index in [9.17, 15) is 28.4 Å². The number of aromatic nitrogens is 3. The number of halogens is 3. The van der Waals surface area contributed by atoms with Crippen molar-refractivity contribution in [3.63, 3.8) is 0 Å². The van der Waals surface area contributed by atoms with Crippen molar-refractivity contribution in [2.24, 2.45) is 0 Å². The number of nitro benzene ring substituents is 1. The molecule has 1 N–H and O–H groups in total. The van der Waals surface area contributed by atoms with Crippen molar-refractivity contribution in [3.05, 3.63) is 45.8 Å². The lowest BCUT2D eigenvalue weighted by molar-refractivity contribution is -0.384. The minimum absolute atomic E-state index is 0.143. The van der Waals surface area contributed by atoms with E-state index in [-0.39, 0.29) is 11.4 Å². The fraction of sp³-hybridized carbons (Fsp3) is 0.273. The molecule has 1 aromatic carbocycles. The van der Waals surface area contributed by atoms with E-state index in [1.54, 1.807) is 0 Å². The van der Waals surface area contributed by atoms with Crippen LogP contribution in [0, 0.1) is 10.1 Å². The Morgan fingerprint density at radius 1 is 1.43 bits per heavy atom. The second-order valence-corrected chi connectivity index (χ2v) is 4.22. The Balaban J connectivity index is 2.55. The second kappa shape index (κ2) is 5.13. The van der Waals surface area contributed by atoms with Crippen molar-refractivity contribution >= 4 is 5.69 Å². The minimum atomic E-state index is -4.68. The number of hydrogen-bond acceptors (Lipinski definition) is 5. The van der Waals surface area contributed by atoms with Crippen LogP contribution in [0.4, 0.5) is 18.9 Å². The van der Waals surface area contributed by atoms with Gasteiger partial charge in [-0.05, 0) is 19.1 Å². The molecular formula is C11H9F3N4O3. The summed E-state index contributed by atoms with van der Waals surface area (Å²) >= 11 is 0. The van der Waals surface area contributed by atoms with Crippen molar-refractivity contribution in [2.75, 3.05) is 0 Å². The highest BCUT2D eigenvalue weighted by Crippen LogP contribution is 2.34. The molecule has 0 radical (unpaired) electrons. The summed E-state index contributed by atoms with van der Waals surface area (Å²) in [6.45, 7) is 1.41. The highest BCUT2D eigenvalue weighted by atomic mass is 19.4. The summed E-state index contributed by atoms with van der Waals surface area (Å²) in [4.78, 5) is 10.0. The molecule has 1 heterocycles. The monoisotopic (exact) mass is 302 g/mol. The number of rotatable bonds is 3. The van der Waals surface area contributed by atoms with E-state index in [4.69, 9.17) is 0 Å². The molecule has 1 aromatic heterocycles. The van der Waals surface area contributed by atoms with Gasteiger partial charge in [-0.15, -0.1) is 5.10 Å². The number of nitrogens with zero attached hydrogens (tertiary/aromatic N) is 4. The Hall–Kier alpha value is -2.49. The minimum Gasteiger partial charge on any atom is -0.387 e. The Morgan fingerprint density at radius 3 is 2.57 bits per heavy atom. The molecule has 0 aliphatic carbocycles. The van der Waals surface area contributed by atoms with Crippen molar-refractivity contribution in [2.45, 2.75) is 19.2 Å². The first-order chi connectivity index (χ1) is 9.70. The van der Waals surface area contributed by atoms with E-state index in [1.807, 2.05) is 0 Å². The number of alkyl halides is 3. The fourth-order valence-electron chi connectivity index (χ4n) is 1.63. The van der Waals surface area contributed by atoms with Crippen LogP contribution in [-0.2, 0) is 6.18 Å². The highest BCUT2D eigenvalue weighted by Gasteiger charge is 2.33. The topological polar surface area (TPSA) is 94.1 Å². The van der Waals surface area contributed by atoms with Crippen molar-refractivity contribution in [3.8, 4) is 5.69 Å². The van der Waals surface area contributed by atoms with E-state index in [0.717, 1.165) is 10.7 Å².